The van der Waals surface area contributed by atoms with Crippen molar-refractivity contribution < 1.29 is 5.11 Å². The maximum atomic E-state index is 9.51. The Hall–Kier alpha value is -0.600. The first-order valence-electron chi connectivity index (χ1n) is 4.03. The highest BCUT2D eigenvalue weighted by molar-refractivity contribution is 5.12. The van der Waals surface area contributed by atoms with Crippen LogP contribution in [0, 0.1) is 0 Å². The molecule has 0 amide bonds. The Labute approximate surface area is 67.6 Å². The maximum Gasteiger partial charge on any atom is 0.0785 e. The molecule has 0 aromatic carbocycles. The summed E-state index contributed by atoms with van der Waals surface area (Å²) in [6.45, 7) is 5.47. The molecule has 0 aromatic rings. The van der Waals surface area contributed by atoms with Crippen LogP contribution < -0.4 is 5.32 Å². The lowest BCUT2D eigenvalue weighted by molar-refractivity contribution is 0.208. The molecule has 0 radical (unpaired) electrons. The molecule has 0 spiro atoms. The van der Waals surface area contributed by atoms with Crippen LogP contribution in [0.2, 0.25) is 0 Å². The van der Waals surface area contributed by atoms with Gasteiger partial charge in [0.2, 0.25) is 0 Å². The molecule has 0 saturated heterocycles. The minimum atomic E-state index is -0.297. The quantitative estimate of drug-likeness (QED) is 0.589. The lowest BCUT2D eigenvalue weighted by Gasteiger charge is -2.17. The topological polar surface area (TPSA) is 32.3 Å². The average molecular weight is 153 g/mol. The molecule has 1 aliphatic heterocycles. The lowest BCUT2D eigenvalue weighted by Crippen LogP contribution is -2.25. The third-order valence-corrected chi connectivity index (χ3v) is 1.92. The third-order valence-electron chi connectivity index (χ3n) is 1.92. The van der Waals surface area contributed by atoms with E-state index in [1.54, 1.807) is 6.08 Å². The zero-order valence-electron chi connectivity index (χ0n) is 6.71. The number of aliphatic hydroxyl groups is 1. The molecule has 1 rings (SSSR count). The summed E-state index contributed by atoms with van der Waals surface area (Å²) in [5, 5.41) is 12.7. The fourth-order valence-corrected chi connectivity index (χ4v) is 1.25. The van der Waals surface area contributed by atoms with Crippen LogP contribution in [0.1, 0.15) is 12.8 Å². The van der Waals surface area contributed by atoms with Crippen LogP contribution in [-0.2, 0) is 0 Å². The van der Waals surface area contributed by atoms with Crippen LogP contribution >= 0.6 is 0 Å². The molecule has 1 aliphatic rings. The highest BCUT2D eigenvalue weighted by atomic mass is 16.3. The normalized spacial score (nSPS) is 20.6. The summed E-state index contributed by atoms with van der Waals surface area (Å²) in [6.07, 6.45) is 5.17. The fraction of sp³-hybridized carbons (Fsp3) is 0.556. The summed E-state index contributed by atoms with van der Waals surface area (Å²) >= 11 is 0. The van der Waals surface area contributed by atoms with Gasteiger partial charge in [0.15, 0.2) is 0 Å². The highest BCUT2D eigenvalue weighted by Gasteiger charge is 2.10. The highest BCUT2D eigenvalue weighted by Crippen LogP contribution is 2.12. The van der Waals surface area contributed by atoms with Gasteiger partial charge < -0.3 is 10.4 Å². The van der Waals surface area contributed by atoms with Gasteiger partial charge in [-0.05, 0) is 25.0 Å². The van der Waals surface area contributed by atoms with E-state index in [4.69, 9.17) is 0 Å². The molecule has 0 aliphatic carbocycles. The van der Waals surface area contributed by atoms with E-state index in [1.807, 2.05) is 0 Å². The van der Waals surface area contributed by atoms with Gasteiger partial charge in [-0.25, -0.2) is 0 Å². The summed E-state index contributed by atoms with van der Waals surface area (Å²) in [7, 11) is 0. The van der Waals surface area contributed by atoms with E-state index in [-0.39, 0.29) is 6.10 Å². The summed E-state index contributed by atoms with van der Waals surface area (Å²) < 4.78 is 0. The number of aliphatic hydroxyl groups excluding tert-OH is 1. The predicted octanol–water partition coefficient (Wildman–Crippen LogP) is 0.843. The van der Waals surface area contributed by atoms with Crippen LogP contribution in [0.3, 0.4) is 0 Å². The average Bonchev–Trinajstić information content (AvgIpc) is 2.07. The molecule has 2 nitrogen and oxygen atoms in total. The van der Waals surface area contributed by atoms with E-state index in [2.05, 4.69) is 18.0 Å². The molecule has 1 atom stereocenters. The first-order valence-corrected chi connectivity index (χ1v) is 4.03. The van der Waals surface area contributed by atoms with Gasteiger partial charge in [0.1, 0.15) is 0 Å². The van der Waals surface area contributed by atoms with Crippen LogP contribution in [0.25, 0.3) is 0 Å². The molecule has 0 saturated carbocycles. The van der Waals surface area contributed by atoms with Gasteiger partial charge in [0.25, 0.3) is 0 Å². The van der Waals surface area contributed by atoms with Crippen molar-refractivity contribution in [1.29, 1.82) is 0 Å². The number of nitrogens with one attached hydrogen (secondary N) is 1. The zero-order chi connectivity index (χ0) is 8.10. The number of hydrogen-bond acceptors (Lipinski definition) is 2. The van der Waals surface area contributed by atoms with Crippen molar-refractivity contribution in [3.63, 3.8) is 0 Å². The summed E-state index contributed by atoms with van der Waals surface area (Å²) in [5.41, 5.74) is 1.16. The largest absolute Gasteiger partial charge is 0.388 e. The second kappa shape index (κ2) is 4.31. The second-order valence-electron chi connectivity index (χ2n) is 2.77. The summed E-state index contributed by atoms with van der Waals surface area (Å²) in [6, 6.07) is 0. The second-order valence-corrected chi connectivity index (χ2v) is 2.77. The van der Waals surface area contributed by atoms with Crippen LogP contribution in [0.15, 0.2) is 24.3 Å². The van der Waals surface area contributed by atoms with Crippen molar-refractivity contribution in [2.24, 2.45) is 0 Å². The van der Waals surface area contributed by atoms with Gasteiger partial charge >= 0.3 is 0 Å². The van der Waals surface area contributed by atoms with E-state index >= 15 is 0 Å². The molecule has 0 bridgehead atoms. The van der Waals surface area contributed by atoms with Crippen molar-refractivity contribution in [3.8, 4) is 0 Å². The van der Waals surface area contributed by atoms with Gasteiger partial charge in [0.05, 0.1) is 6.10 Å². The zero-order valence-corrected chi connectivity index (χ0v) is 6.71. The van der Waals surface area contributed by atoms with Gasteiger partial charge in [0, 0.05) is 6.54 Å². The van der Waals surface area contributed by atoms with Crippen molar-refractivity contribution in [3.05, 3.63) is 24.3 Å². The number of rotatable bonds is 3. The van der Waals surface area contributed by atoms with Crippen molar-refractivity contribution in [2.75, 3.05) is 13.1 Å². The SMILES string of the molecule is C=CCC(O)C1=CCNCC1. The van der Waals surface area contributed by atoms with Crippen molar-refractivity contribution in [2.45, 2.75) is 18.9 Å². The lowest BCUT2D eigenvalue weighted by atomic mass is 10.0. The molecule has 0 aromatic heterocycles. The molecule has 0 fully saturated rings. The van der Waals surface area contributed by atoms with Gasteiger partial charge in [-0.2, -0.15) is 0 Å². The monoisotopic (exact) mass is 153 g/mol. The maximum absolute atomic E-state index is 9.51. The Morgan fingerprint density at radius 1 is 1.82 bits per heavy atom. The molecular formula is C9H15NO. The van der Waals surface area contributed by atoms with Gasteiger partial charge in [-0.3, -0.25) is 0 Å². The third kappa shape index (κ3) is 2.48. The standard InChI is InChI=1S/C9H15NO/c1-2-3-9(11)8-4-6-10-7-5-8/h2,4,9-11H,1,3,5-7H2. The van der Waals surface area contributed by atoms with Crippen LogP contribution in [0.4, 0.5) is 0 Å². The Kier molecular flexibility index (Phi) is 3.33. The smallest absolute Gasteiger partial charge is 0.0785 e. The summed E-state index contributed by atoms with van der Waals surface area (Å²) in [5.74, 6) is 0. The van der Waals surface area contributed by atoms with Crippen molar-refractivity contribution in [1.82, 2.24) is 5.32 Å². The van der Waals surface area contributed by atoms with E-state index in [0.717, 1.165) is 25.1 Å². The van der Waals surface area contributed by atoms with E-state index < -0.39 is 0 Å². The van der Waals surface area contributed by atoms with Crippen molar-refractivity contribution >= 4 is 0 Å². The van der Waals surface area contributed by atoms with Gasteiger partial charge in [-0.1, -0.05) is 12.2 Å². The molecule has 1 unspecified atom stereocenters. The van der Waals surface area contributed by atoms with Gasteiger partial charge in [-0.15, -0.1) is 6.58 Å². The van der Waals surface area contributed by atoms with E-state index in [1.165, 1.54) is 0 Å². The van der Waals surface area contributed by atoms with Crippen LogP contribution in [0.5, 0.6) is 0 Å². The molecule has 1 heterocycles. The predicted molar refractivity (Wildman–Crippen MR) is 46.4 cm³/mol. The molecular weight excluding hydrogens is 138 g/mol. The minimum absolute atomic E-state index is 0.297. The molecule has 2 heteroatoms. The minimum Gasteiger partial charge on any atom is -0.388 e. The molecule has 11 heavy (non-hydrogen) atoms. The summed E-state index contributed by atoms with van der Waals surface area (Å²) in [4.78, 5) is 0. The first kappa shape index (κ1) is 8.50. The fourth-order valence-electron chi connectivity index (χ4n) is 1.25. The van der Waals surface area contributed by atoms with E-state index in [9.17, 15) is 5.11 Å². The van der Waals surface area contributed by atoms with Crippen LogP contribution in [-0.4, -0.2) is 24.3 Å². The Balaban J connectivity index is 2.43. The Morgan fingerprint density at radius 2 is 2.64 bits per heavy atom. The number of hydrogen-bond donors (Lipinski definition) is 2. The van der Waals surface area contributed by atoms with E-state index in [0.29, 0.717) is 6.42 Å². The Bertz CT molecular complexity index is 163. The first-order chi connectivity index (χ1) is 5.34. The Morgan fingerprint density at radius 3 is 3.18 bits per heavy atom. The molecule has 2 N–H and O–H groups in total. The molecule has 62 valence electrons.